The molecule has 2 unspecified atom stereocenters. The van der Waals surface area contributed by atoms with Gasteiger partial charge in [-0.25, -0.2) is 0 Å². The molecule has 86 valence electrons. The smallest absolute Gasteiger partial charge is 0.311 e. The van der Waals surface area contributed by atoms with Crippen LogP contribution in [0.1, 0.15) is 17.9 Å². The van der Waals surface area contributed by atoms with Gasteiger partial charge in [0.2, 0.25) is 0 Å². The van der Waals surface area contributed by atoms with Crippen molar-refractivity contribution in [3.8, 4) is 0 Å². The first-order chi connectivity index (χ1) is 7.68. The van der Waals surface area contributed by atoms with Crippen molar-refractivity contribution in [2.24, 2.45) is 5.92 Å². The Morgan fingerprint density at radius 3 is 2.94 bits per heavy atom. The van der Waals surface area contributed by atoms with Crippen molar-refractivity contribution in [1.29, 1.82) is 0 Å². The zero-order valence-corrected chi connectivity index (χ0v) is 9.57. The molecule has 0 bridgehead atoms. The topological polar surface area (TPSA) is 49.3 Å². The van der Waals surface area contributed by atoms with Crippen LogP contribution in [0.15, 0.2) is 24.3 Å². The highest BCUT2D eigenvalue weighted by Gasteiger charge is 2.31. The lowest BCUT2D eigenvalue weighted by Gasteiger charge is -2.19. The van der Waals surface area contributed by atoms with Gasteiger partial charge in [-0.1, -0.05) is 23.7 Å². The summed E-state index contributed by atoms with van der Waals surface area (Å²) < 4.78 is 0. The molecule has 1 saturated heterocycles. The highest BCUT2D eigenvalue weighted by molar-refractivity contribution is 6.30. The van der Waals surface area contributed by atoms with E-state index in [2.05, 4.69) is 5.32 Å². The van der Waals surface area contributed by atoms with Gasteiger partial charge in [-0.05, 0) is 43.1 Å². The quantitative estimate of drug-likeness (QED) is 0.850. The minimum absolute atomic E-state index is 0.163. The number of carboxylic acid groups (broad SMARTS) is 1. The Bertz CT molecular complexity index is 388. The lowest BCUT2D eigenvalue weighted by molar-refractivity contribution is -0.140. The van der Waals surface area contributed by atoms with Crippen LogP contribution in [0.3, 0.4) is 0 Å². The summed E-state index contributed by atoms with van der Waals surface area (Å²) in [6.07, 6.45) is 0.906. The van der Waals surface area contributed by atoms with Gasteiger partial charge in [0.25, 0.3) is 0 Å². The Morgan fingerprint density at radius 2 is 2.38 bits per heavy atom. The summed E-state index contributed by atoms with van der Waals surface area (Å²) >= 11 is 5.89. The van der Waals surface area contributed by atoms with Gasteiger partial charge in [0.05, 0.1) is 5.92 Å². The van der Waals surface area contributed by atoms with Crippen molar-refractivity contribution in [1.82, 2.24) is 5.32 Å². The normalized spacial score (nSPS) is 21.9. The molecule has 1 aromatic carbocycles. The minimum Gasteiger partial charge on any atom is -0.481 e. The third-order valence-electron chi connectivity index (χ3n) is 3.04. The maximum absolute atomic E-state index is 11.3. The molecule has 0 amide bonds. The van der Waals surface area contributed by atoms with E-state index in [0.717, 1.165) is 25.1 Å². The Balaban J connectivity index is 2.28. The summed E-state index contributed by atoms with van der Waals surface area (Å²) in [4.78, 5) is 11.3. The van der Waals surface area contributed by atoms with Crippen molar-refractivity contribution < 1.29 is 9.90 Å². The second kappa shape index (κ2) is 4.85. The van der Waals surface area contributed by atoms with Crippen LogP contribution in [-0.2, 0) is 4.79 Å². The molecule has 2 rings (SSSR count). The standard InChI is InChI=1S/C12H14ClNO2/c13-10-3-1-2-8(6-10)11(12(15)16)9-4-5-14-7-9/h1-3,6,9,11,14H,4-5,7H2,(H,15,16). The minimum atomic E-state index is -0.768. The van der Waals surface area contributed by atoms with Gasteiger partial charge in [0.1, 0.15) is 0 Å². The van der Waals surface area contributed by atoms with Crippen LogP contribution in [-0.4, -0.2) is 24.2 Å². The molecule has 0 aromatic heterocycles. The first-order valence-electron chi connectivity index (χ1n) is 5.37. The molecule has 1 fully saturated rings. The van der Waals surface area contributed by atoms with Crippen molar-refractivity contribution in [3.05, 3.63) is 34.9 Å². The molecule has 2 atom stereocenters. The number of halogens is 1. The van der Waals surface area contributed by atoms with Crippen LogP contribution >= 0.6 is 11.6 Å². The van der Waals surface area contributed by atoms with E-state index < -0.39 is 11.9 Å². The van der Waals surface area contributed by atoms with Crippen LogP contribution in [0.4, 0.5) is 0 Å². The monoisotopic (exact) mass is 239 g/mol. The number of carboxylic acids is 1. The number of aliphatic carboxylic acids is 1. The molecule has 1 heterocycles. The highest BCUT2D eigenvalue weighted by Crippen LogP contribution is 2.30. The van der Waals surface area contributed by atoms with Crippen molar-refractivity contribution >= 4 is 17.6 Å². The summed E-state index contributed by atoms with van der Waals surface area (Å²) in [5.41, 5.74) is 0.800. The number of hydrogen-bond donors (Lipinski definition) is 2. The molecule has 0 saturated carbocycles. The van der Waals surface area contributed by atoms with E-state index in [9.17, 15) is 9.90 Å². The van der Waals surface area contributed by atoms with E-state index >= 15 is 0 Å². The predicted molar refractivity (Wildman–Crippen MR) is 62.8 cm³/mol. The molecule has 4 heteroatoms. The second-order valence-corrected chi connectivity index (χ2v) is 4.56. The van der Waals surface area contributed by atoms with Gasteiger partial charge in [0.15, 0.2) is 0 Å². The Kier molecular flexibility index (Phi) is 3.46. The predicted octanol–water partition coefficient (Wildman–Crippen LogP) is 2.12. The highest BCUT2D eigenvalue weighted by atomic mass is 35.5. The van der Waals surface area contributed by atoms with Crippen LogP contribution in [0.2, 0.25) is 5.02 Å². The first kappa shape index (κ1) is 11.4. The van der Waals surface area contributed by atoms with E-state index in [-0.39, 0.29) is 5.92 Å². The van der Waals surface area contributed by atoms with Crippen LogP contribution in [0, 0.1) is 5.92 Å². The summed E-state index contributed by atoms with van der Waals surface area (Å²) in [5.74, 6) is -1.05. The molecule has 16 heavy (non-hydrogen) atoms. The maximum atomic E-state index is 11.3. The number of benzene rings is 1. The Labute approximate surface area is 99.4 Å². The number of carbonyl (C=O) groups is 1. The van der Waals surface area contributed by atoms with Crippen LogP contribution < -0.4 is 5.32 Å². The summed E-state index contributed by atoms with van der Waals surface area (Å²) in [6.45, 7) is 1.67. The Hall–Kier alpha value is -1.06. The molecule has 3 nitrogen and oxygen atoms in total. The van der Waals surface area contributed by atoms with Gasteiger partial charge in [-0.15, -0.1) is 0 Å². The molecule has 1 aromatic rings. The number of rotatable bonds is 3. The van der Waals surface area contributed by atoms with E-state index in [1.54, 1.807) is 18.2 Å². The molecule has 1 aliphatic rings. The fourth-order valence-electron chi connectivity index (χ4n) is 2.28. The molecule has 0 spiro atoms. The molecular formula is C12H14ClNO2. The van der Waals surface area contributed by atoms with E-state index in [0.29, 0.717) is 5.02 Å². The van der Waals surface area contributed by atoms with Crippen molar-refractivity contribution in [2.75, 3.05) is 13.1 Å². The van der Waals surface area contributed by atoms with Gasteiger partial charge >= 0.3 is 5.97 Å². The average molecular weight is 240 g/mol. The van der Waals surface area contributed by atoms with Crippen LogP contribution in [0.25, 0.3) is 0 Å². The summed E-state index contributed by atoms with van der Waals surface area (Å²) in [5, 5.41) is 13.1. The zero-order chi connectivity index (χ0) is 11.5. The fourth-order valence-corrected chi connectivity index (χ4v) is 2.48. The zero-order valence-electron chi connectivity index (χ0n) is 8.82. The SMILES string of the molecule is O=C(O)C(c1cccc(Cl)c1)C1CCNC1. The van der Waals surface area contributed by atoms with E-state index in [4.69, 9.17) is 11.6 Å². The largest absolute Gasteiger partial charge is 0.481 e. The van der Waals surface area contributed by atoms with Crippen LogP contribution in [0.5, 0.6) is 0 Å². The van der Waals surface area contributed by atoms with E-state index in [1.165, 1.54) is 0 Å². The summed E-state index contributed by atoms with van der Waals surface area (Å²) in [6, 6.07) is 7.15. The van der Waals surface area contributed by atoms with Gasteiger partial charge in [-0.3, -0.25) is 4.79 Å². The average Bonchev–Trinajstić information content (AvgIpc) is 2.71. The number of hydrogen-bond acceptors (Lipinski definition) is 2. The van der Waals surface area contributed by atoms with Crippen molar-refractivity contribution in [3.63, 3.8) is 0 Å². The Morgan fingerprint density at radius 1 is 1.56 bits per heavy atom. The third-order valence-corrected chi connectivity index (χ3v) is 3.28. The lowest BCUT2D eigenvalue weighted by atomic mass is 9.85. The third kappa shape index (κ3) is 2.36. The summed E-state index contributed by atoms with van der Waals surface area (Å²) in [7, 11) is 0. The van der Waals surface area contributed by atoms with Crippen molar-refractivity contribution in [2.45, 2.75) is 12.3 Å². The molecule has 0 aliphatic carbocycles. The molecule has 1 aliphatic heterocycles. The molecule has 2 N–H and O–H groups in total. The van der Waals surface area contributed by atoms with Gasteiger partial charge in [-0.2, -0.15) is 0 Å². The molecule has 0 radical (unpaired) electrons. The lowest BCUT2D eigenvalue weighted by Crippen LogP contribution is -2.23. The fraction of sp³-hybridized carbons (Fsp3) is 0.417. The van der Waals surface area contributed by atoms with E-state index in [1.807, 2.05) is 6.07 Å². The first-order valence-corrected chi connectivity index (χ1v) is 5.75. The molecular weight excluding hydrogens is 226 g/mol. The van der Waals surface area contributed by atoms with Gasteiger partial charge < -0.3 is 10.4 Å². The maximum Gasteiger partial charge on any atom is 0.311 e. The van der Waals surface area contributed by atoms with Gasteiger partial charge in [0, 0.05) is 5.02 Å². The number of nitrogens with one attached hydrogen (secondary N) is 1. The second-order valence-electron chi connectivity index (χ2n) is 4.12.